The van der Waals surface area contributed by atoms with Crippen molar-refractivity contribution >= 4 is 11.9 Å². The van der Waals surface area contributed by atoms with Gasteiger partial charge in [0.15, 0.2) is 0 Å². The second-order valence-electron chi connectivity index (χ2n) is 6.08. The molecular weight excluding hydrogens is 275 g/mol. The number of amides is 1. The fourth-order valence-corrected chi connectivity index (χ4v) is 1.65. The van der Waals surface area contributed by atoms with Gasteiger partial charge in [-0.3, -0.25) is 9.59 Å². The van der Waals surface area contributed by atoms with E-state index >= 15 is 0 Å². The van der Waals surface area contributed by atoms with Crippen LogP contribution in [0.3, 0.4) is 0 Å². The van der Waals surface area contributed by atoms with Gasteiger partial charge in [-0.15, -0.1) is 0 Å². The molecule has 0 saturated carbocycles. The summed E-state index contributed by atoms with van der Waals surface area (Å²) in [7, 11) is 0. The zero-order valence-electron chi connectivity index (χ0n) is 12.7. The predicted molar refractivity (Wildman–Crippen MR) is 77.3 cm³/mol. The first-order valence-corrected chi connectivity index (χ1v) is 6.55. The van der Waals surface area contributed by atoms with Crippen molar-refractivity contribution in [2.24, 2.45) is 11.1 Å². The number of primary amides is 1. The van der Waals surface area contributed by atoms with E-state index in [1.54, 1.807) is 27.7 Å². The predicted octanol–water partition coefficient (Wildman–Crippen LogP) is 1.90. The van der Waals surface area contributed by atoms with Crippen molar-refractivity contribution in [2.45, 2.75) is 39.8 Å². The van der Waals surface area contributed by atoms with E-state index in [1.165, 1.54) is 12.1 Å². The van der Waals surface area contributed by atoms with E-state index in [4.69, 9.17) is 5.73 Å². The van der Waals surface area contributed by atoms with Crippen molar-refractivity contribution in [1.82, 2.24) is 5.32 Å². The summed E-state index contributed by atoms with van der Waals surface area (Å²) in [6.07, 6.45) is 0. The third-order valence-electron chi connectivity index (χ3n) is 4.16. The Morgan fingerprint density at radius 1 is 1.29 bits per heavy atom. The van der Waals surface area contributed by atoms with Gasteiger partial charge in [0, 0.05) is 23.2 Å². The highest BCUT2D eigenvalue weighted by atomic mass is 19.1. The average Bonchev–Trinajstić information content (AvgIpc) is 2.36. The van der Waals surface area contributed by atoms with Crippen LogP contribution in [0.15, 0.2) is 18.2 Å². The van der Waals surface area contributed by atoms with Gasteiger partial charge in [0.05, 0.1) is 5.41 Å². The normalized spacial score (nSPS) is 12.2. The molecular formula is C15H21FN2O3. The van der Waals surface area contributed by atoms with Crippen LogP contribution in [0.2, 0.25) is 0 Å². The molecule has 0 saturated heterocycles. The van der Waals surface area contributed by atoms with E-state index in [0.717, 1.165) is 6.07 Å². The van der Waals surface area contributed by atoms with E-state index in [-0.39, 0.29) is 12.1 Å². The topological polar surface area (TPSA) is 92.4 Å². The Labute approximate surface area is 123 Å². The number of rotatable bonds is 6. The van der Waals surface area contributed by atoms with E-state index in [0.29, 0.717) is 5.56 Å². The van der Waals surface area contributed by atoms with Gasteiger partial charge in [-0.1, -0.05) is 6.07 Å². The molecule has 0 spiro atoms. The summed E-state index contributed by atoms with van der Waals surface area (Å²) in [5, 5.41) is 12.3. The first-order chi connectivity index (χ1) is 9.49. The van der Waals surface area contributed by atoms with Crippen LogP contribution in [-0.4, -0.2) is 22.5 Å². The first kappa shape index (κ1) is 17.1. The molecule has 1 aromatic carbocycles. The minimum Gasteiger partial charge on any atom is -0.481 e. The molecule has 0 radical (unpaired) electrons. The summed E-state index contributed by atoms with van der Waals surface area (Å²) in [5.41, 5.74) is 3.73. The summed E-state index contributed by atoms with van der Waals surface area (Å²) in [5.74, 6) is -2.19. The Morgan fingerprint density at radius 2 is 1.86 bits per heavy atom. The Balaban J connectivity index is 2.89. The van der Waals surface area contributed by atoms with Gasteiger partial charge < -0.3 is 16.2 Å². The lowest BCUT2D eigenvalue weighted by molar-refractivity contribution is -0.151. The minimum atomic E-state index is -1.03. The second-order valence-corrected chi connectivity index (χ2v) is 6.08. The summed E-state index contributed by atoms with van der Waals surface area (Å²) in [6.45, 7) is 6.85. The molecule has 4 N–H and O–H groups in total. The van der Waals surface area contributed by atoms with Crippen molar-refractivity contribution in [1.29, 1.82) is 0 Å². The smallest absolute Gasteiger partial charge is 0.310 e. The Morgan fingerprint density at radius 3 is 2.29 bits per heavy atom. The monoisotopic (exact) mass is 296 g/mol. The number of halogens is 1. The van der Waals surface area contributed by atoms with E-state index in [2.05, 4.69) is 5.32 Å². The molecule has 0 aromatic heterocycles. The maximum atomic E-state index is 13.9. The number of benzene rings is 1. The Bertz CT molecular complexity index is 568. The number of hydrogen-bond donors (Lipinski definition) is 3. The van der Waals surface area contributed by atoms with Crippen LogP contribution in [0.4, 0.5) is 4.39 Å². The standard InChI is InChI=1S/C15H21FN2O3/c1-14(2,13(20)21)15(3,4)18-8-10-6-5-9(12(17)19)7-11(10)16/h5-7,18H,8H2,1-4H3,(H2,17,19)(H,20,21). The van der Waals surface area contributed by atoms with Crippen LogP contribution in [0.1, 0.15) is 43.6 Å². The zero-order chi connectivity index (χ0) is 16.4. The van der Waals surface area contributed by atoms with Gasteiger partial charge in [0.2, 0.25) is 5.91 Å². The van der Waals surface area contributed by atoms with Crippen LogP contribution >= 0.6 is 0 Å². The summed E-state index contributed by atoms with van der Waals surface area (Å²) in [4.78, 5) is 22.3. The summed E-state index contributed by atoms with van der Waals surface area (Å²) >= 11 is 0. The lowest BCUT2D eigenvalue weighted by Gasteiger charge is -2.39. The SMILES string of the molecule is CC(C)(NCc1ccc(C(N)=O)cc1F)C(C)(C)C(=O)O. The van der Waals surface area contributed by atoms with Crippen molar-refractivity contribution in [3.63, 3.8) is 0 Å². The molecule has 1 rings (SSSR count). The quantitative estimate of drug-likeness (QED) is 0.747. The van der Waals surface area contributed by atoms with Crippen LogP contribution in [0, 0.1) is 11.2 Å². The third-order valence-corrected chi connectivity index (χ3v) is 4.16. The highest BCUT2D eigenvalue weighted by molar-refractivity contribution is 5.92. The van der Waals surface area contributed by atoms with E-state index in [9.17, 15) is 19.1 Å². The fraction of sp³-hybridized carbons (Fsp3) is 0.467. The molecule has 0 aliphatic carbocycles. The zero-order valence-corrected chi connectivity index (χ0v) is 12.7. The van der Waals surface area contributed by atoms with Gasteiger partial charge in [0.1, 0.15) is 5.82 Å². The summed E-state index contributed by atoms with van der Waals surface area (Å²) in [6, 6.07) is 3.98. The van der Waals surface area contributed by atoms with Gasteiger partial charge in [0.25, 0.3) is 0 Å². The Kier molecular flexibility index (Phi) is 4.73. The summed E-state index contributed by atoms with van der Waals surface area (Å²) < 4.78 is 13.9. The van der Waals surface area contributed by atoms with Crippen molar-refractivity contribution < 1.29 is 19.1 Å². The molecule has 0 fully saturated rings. The second kappa shape index (κ2) is 5.81. The van der Waals surface area contributed by atoms with Gasteiger partial charge in [-0.25, -0.2) is 4.39 Å². The van der Waals surface area contributed by atoms with Gasteiger partial charge in [-0.2, -0.15) is 0 Å². The molecule has 0 aliphatic rings. The number of carbonyl (C=O) groups is 2. The Hall–Kier alpha value is -1.95. The van der Waals surface area contributed by atoms with Crippen LogP contribution < -0.4 is 11.1 Å². The molecule has 21 heavy (non-hydrogen) atoms. The molecule has 0 unspecified atom stereocenters. The van der Waals surface area contributed by atoms with Crippen LogP contribution in [-0.2, 0) is 11.3 Å². The largest absolute Gasteiger partial charge is 0.481 e. The average molecular weight is 296 g/mol. The lowest BCUT2D eigenvalue weighted by Crippen LogP contribution is -2.54. The van der Waals surface area contributed by atoms with E-state index < -0.39 is 28.6 Å². The lowest BCUT2D eigenvalue weighted by atomic mass is 9.74. The number of aliphatic carboxylic acids is 1. The highest BCUT2D eigenvalue weighted by Crippen LogP contribution is 2.31. The number of nitrogens with two attached hydrogens (primary N) is 1. The number of carboxylic acids is 1. The van der Waals surface area contributed by atoms with Gasteiger partial charge in [-0.05, 0) is 39.8 Å². The molecule has 0 atom stereocenters. The molecule has 1 aromatic rings. The molecule has 1 amide bonds. The number of carboxylic acid groups (broad SMARTS) is 1. The highest BCUT2D eigenvalue weighted by Gasteiger charge is 2.43. The maximum absolute atomic E-state index is 13.9. The first-order valence-electron chi connectivity index (χ1n) is 6.55. The fourth-order valence-electron chi connectivity index (χ4n) is 1.65. The minimum absolute atomic E-state index is 0.0985. The van der Waals surface area contributed by atoms with Crippen molar-refractivity contribution in [3.8, 4) is 0 Å². The molecule has 0 aliphatic heterocycles. The van der Waals surface area contributed by atoms with Crippen LogP contribution in [0.5, 0.6) is 0 Å². The molecule has 6 heteroatoms. The number of hydrogen-bond acceptors (Lipinski definition) is 3. The third kappa shape index (κ3) is 3.58. The van der Waals surface area contributed by atoms with Crippen molar-refractivity contribution in [3.05, 3.63) is 35.1 Å². The number of nitrogens with one attached hydrogen (secondary N) is 1. The van der Waals surface area contributed by atoms with Crippen molar-refractivity contribution in [2.75, 3.05) is 0 Å². The molecule has 0 bridgehead atoms. The van der Waals surface area contributed by atoms with Crippen LogP contribution in [0.25, 0.3) is 0 Å². The molecule has 5 nitrogen and oxygen atoms in total. The number of carbonyl (C=O) groups excluding carboxylic acids is 1. The maximum Gasteiger partial charge on any atom is 0.310 e. The van der Waals surface area contributed by atoms with E-state index in [1.807, 2.05) is 0 Å². The molecule has 116 valence electrons. The molecule has 0 heterocycles. The van der Waals surface area contributed by atoms with Gasteiger partial charge >= 0.3 is 5.97 Å².